The summed E-state index contributed by atoms with van der Waals surface area (Å²) in [6, 6.07) is 10.6. The zero-order valence-corrected chi connectivity index (χ0v) is 13.9. The van der Waals surface area contributed by atoms with Crippen molar-refractivity contribution in [2.75, 3.05) is 6.61 Å². The first-order valence-electron chi connectivity index (χ1n) is 6.61. The Morgan fingerprint density at radius 3 is 2.82 bits per heavy atom. The fraction of sp³-hybridized carbons (Fsp3) is 0.125. The summed E-state index contributed by atoms with van der Waals surface area (Å²) in [7, 11) is 0. The van der Waals surface area contributed by atoms with E-state index in [9.17, 15) is 4.79 Å². The number of hydrogen-bond acceptors (Lipinski definition) is 4. The quantitative estimate of drug-likeness (QED) is 0.589. The molecule has 0 aliphatic rings. The van der Waals surface area contributed by atoms with Gasteiger partial charge in [-0.05, 0) is 43.3 Å². The maximum absolute atomic E-state index is 11.8. The van der Waals surface area contributed by atoms with Crippen molar-refractivity contribution in [2.45, 2.75) is 6.92 Å². The summed E-state index contributed by atoms with van der Waals surface area (Å²) in [6.45, 7) is 2.13. The topological polar surface area (TPSA) is 39.2 Å². The van der Waals surface area contributed by atoms with Crippen molar-refractivity contribution in [1.82, 2.24) is 4.98 Å². The highest BCUT2D eigenvalue weighted by atomic mass is 35.5. The van der Waals surface area contributed by atoms with E-state index < -0.39 is 0 Å². The number of nitrogens with zero attached hydrogens (tertiary/aromatic N) is 1. The number of rotatable bonds is 3. The van der Waals surface area contributed by atoms with Crippen molar-refractivity contribution in [3.63, 3.8) is 0 Å². The Kier molecular flexibility index (Phi) is 4.34. The zero-order chi connectivity index (χ0) is 15.7. The molecule has 6 heteroatoms. The Labute approximate surface area is 141 Å². The summed E-state index contributed by atoms with van der Waals surface area (Å²) in [5.74, 6) is -0.333. The summed E-state index contributed by atoms with van der Waals surface area (Å²) in [6.07, 6.45) is 0. The number of fused-ring (bicyclic) bond motifs is 1. The van der Waals surface area contributed by atoms with Crippen molar-refractivity contribution in [2.24, 2.45) is 0 Å². The molecule has 22 heavy (non-hydrogen) atoms. The molecule has 0 N–H and O–H groups in total. The molecule has 3 aromatic rings. The summed E-state index contributed by atoms with van der Waals surface area (Å²) in [5.41, 5.74) is 2.11. The minimum Gasteiger partial charge on any atom is -0.462 e. The van der Waals surface area contributed by atoms with Gasteiger partial charge in [-0.2, -0.15) is 0 Å². The van der Waals surface area contributed by atoms with Crippen LogP contribution >= 0.6 is 34.5 Å². The number of esters is 1. The minimum absolute atomic E-state index is 0.333. The van der Waals surface area contributed by atoms with Crippen LogP contribution in [0.4, 0.5) is 0 Å². The third-order valence-electron chi connectivity index (χ3n) is 3.06. The molecular formula is C16H11Cl2NO2S. The predicted molar refractivity (Wildman–Crippen MR) is 91.0 cm³/mol. The molecule has 3 nitrogen and oxygen atoms in total. The van der Waals surface area contributed by atoms with Crippen LogP contribution in [0.2, 0.25) is 10.0 Å². The fourth-order valence-electron chi connectivity index (χ4n) is 2.04. The smallest absolute Gasteiger partial charge is 0.338 e. The summed E-state index contributed by atoms with van der Waals surface area (Å²) >= 11 is 13.7. The molecule has 0 atom stereocenters. The van der Waals surface area contributed by atoms with Gasteiger partial charge < -0.3 is 4.74 Å². The van der Waals surface area contributed by atoms with Gasteiger partial charge in [-0.25, -0.2) is 9.78 Å². The third-order valence-corrected chi connectivity index (χ3v) is 4.67. The molecule has 0 saturated heterocycles. The first-order chi connectivity index (χ1) is 10.6. The molecule has 0 aliphatic carbocycles. The molecule has 0 unspecified atom stereocenters. The number of benzene rings is 2. The van der Waals surface area contributed by atoms with E-state index in [0.717, 1.165) is 20.8 Å². The van der Waals surface area contributed by atoms with Crippen LogP contribution < -0.4 is 0 Å². The number of thiazole rings is 1. The average Bonchev–Trinajstić information content (AvgIpc) is 2.92. The molecule has 3 rings (SSSR count). The number of hydrogen-bond donors (Lipinski definition) is 0. The van der Waals surface area contributed by atoms with Gasteiger partial charge in [0.15, 0.2) is 0 Å². The van der Waals surface area contributed by atoms with E-state index in [1.807, 2.05) is 0 Å². The molecule has 0 aliphatic heterocycles. The molecule has 0 amide bonds. The molecule has 0 fully saturated rings. The number of carbonyl (C=O) groups is 1. The summed E-state index contributed by atoms with van der Waals surface area (Å²) < 4.78 is 5.91. The first kappa shape index (κ1) is 15.3. The van der Waals surface area contributed by atoms with Crippen LogP contribution in [0, 0.1) is 0 Å². The van der Waals surface area contributed by atoms with E-state index in [0.29, 0.717) is 22.2 Å². The van der Waals surface area contributed by atoms with E-state index >= 15 is 0 Å². The van der Waals surface area contributed by atoms with Crippen molar-refractivity contribution >= 4 is 50.7 Å². The van der Waals surface area contributed by atoms with Crippen LogP contribution in [0.5, 0.6) is 0 Å². The van der Waals surface area contributed by atoms with Gasteiger partial charge in [-0.15, -0.1) is 11.3 Å². The van der Waals surface area contributed by atoms with E-state index in [1.54, 1.807) is 43.3 Å². The largest absolute Gasteiger partial charge is 0.462 e. The van der Waals surface area contributed by atoms with Gasteiger partial charge in [0.1, 0.15) is 5.01 Å². The van der Waals surface area contributed by atoms with Crippen LogP contribution in [0.25, 0.3) is 20.8 Å². The second kappa shape index (κ2) is 6.24. The Morgan fingerprint density at radius 2 is 2.05 bits per heavy atom. The molecular weight excluding hydrogens is 341 g/mol. The number of halogens is 2. The average molecular weight is 352 g/mol. The van der Waals surface area contributed by atoms with E-state index in [-0.39, 0.29) is 5.97 Å². The number of aromatic nitrogens is 1. The maximum Gasteiger partial charge on any atom is 0.338 e. The Balaban J connectivity index is 2.06. The lowest BCUT2D eigenvalue weighted by atomic mass is 10.2. The summed E-state index contributed by atoms with van der Waals surface area (Å²) in [4.78, 5) is 16.3. The molecule has 1 heterocycles. The zero-order valence-electron chi connectivity index (χ0n) is 11.6. The predicted octanol–water partition coefficient (Wildman–Crippen LogP) is 5.45. The van der Waals surface area contributed by atoms with E-state index in [2.05, 4.69) is 4.98 Å². The van der Waals surface area contributed by atoms with Crippen molar-refractivity contribution in [3.8, 4) is 10.6 Å². The van der Waals surface area contributed by atoms with Crippen molar-refractivity contribution < 1.29 is 9.53 Å². The lowest BCUT2D eigenvalue weighted by Gasteiger charge is -2.00. The van der Waals surface area contributed by atoms with Gasteiger partial charge in [0.05, 0.1) is 27.4 Å². The normalized spacial score (nSPS) is 10.9. The third kappa shape index (κ3) is 2.95. The molecule has 0 spiro atoms. The van der Waals surface area contributed by atoms with Crippen LogP contribution in [-0.4, -0.2) is 17.6 Å². The first-order valence-corrected chi connectivity index (χ1v) is 8.19. The van der Waals surface area contributed by atoms with Gasteiger partial charge in [0.2, 0.25) is 0 Å². The van der Waals surface area contributed by atoms with Crippen molar-refractivity contribution in [1.29, 1.82) is 0 Å². The summed E-state index contributed by atoms with van der Waals surface area (Å²) in [5, 5.41) is 1.96. The van der Waals surface area contributed by atoms with Crippen LogP contribution in [-0.2, 0) is 4.74 Å². The standard InChI is InChI=1S/C16H11Cl2NO2S/c1-2-21-16(20)9-3-6-13-14(7-9)22-15(19-13)11-8-10(17)4-5-12(11)18/h3-8H,2H2,1H3. The number of ether oxygens (including phenoxy) is 1. The van der Waals surface area contributed by atoms with E-state index in [4.69, 9.17) is 27.9 Å². The van der Waals surface area contributed by atoms with Gasteiger partial charge in [0.25, 0.3) is 0 Å². The lowest BCUT2D eigenvalue weighted by molar-refractivity contribution is 0.0526. The van der Waals surface area contributed by atoms with Gasteiger partial charge >= 0.3 is 5.97 Å². The molecule has 1 aromatic heterocycles. The highest BCUT2D eigenvalue weighted by Gasteiger charge is 2.13. The molecule has 2 aromatic carbocycles. The SMILES string of the molecule is CCOC(=O)c1ccc2nc(-c3cc(Cl)ccc3Cl)sc2c1. The van der Waals surface area contributed by atoms with Crippen LogP contribution in [0.1, 0.15) is 17.3 Å². The Morgan fingerprint density at radius 1 is 1.23 bits per heavy atom. The van der Waals surface area contributed by atoms with Gasteiger partial charge in [0, 0.05) is 10.6 Å². The molecule has 0 radical (unpaired) electrons. The monoisotopic (exact) mass is 351 g/mol. The lowest BCUT2D eigenvalue weighted by Crippen LogP contribution is -2.03. The highest BCUT2D eigenvalue weighted by Crippen LogP contribution is 2.36. The van der Waals surface area contributed by atoms with Crippen LogP contribution in [0.15, 0.2) is 36.4 Å². The fourth-order valence-corrected chi connectivity index (χ4v) is 3.51. The molecule has 112 valence electrons. The number of carbonyl (C=O) groups excluding carboxylic acids is 1. The Bertz CT molecular complexity index is 860. The maximum atomic E-state index is 11.8. The second-order valence-electron chi connectivity index (χ2n) is 4.55. The van der Waals surface area contributed by atoms with E-state index in [1.165, 1.54) is 11.3 Å². The van der Waals surface area contributed by atoms with Gasteiger partial charge in [-0.1, -0.05) is 23.2 Å². The highest BCUT2D eigenvalue weighted by molar-refractivity contribution is 7.21. The van der Waals surface area contributed by atoms with Crippen LogP contribution in [0.3, 0.4) is 0 Å². The second-order valence-corrected chi connectivity index (χ2v) is 6.42. The molecule has 0 bridgehead atoms. The van der Waals surface area contributed by atoms with Crippen molar-refractivity contribution in [3.05, 3.63) is 52.0 Å². The molecule has 0 saturated carbocycles. The Hall–Kier alpha value is -1.62. The van der Waals surface area contributed by atoms with Gasteiger partial charge in [-0.3, -0.25) is 0 Å². The minimum atomic E-state index is -0.333.